The molecule has 7 heteroatoms. The van der Waals surface area contributed by atoms with Gasteiger partial charge < -0.3 is 16.4 Å². The van der Waals surface area contributed by atoms with Crippen LogP contribution >= 0.6 is 24.8 Å². The number of nitrogen functional groups attached to an aromatic ring is 1. The highest BCUT2D eigenvalue weighted by atomic mass is 35.5. The molecule has 1 aliphatic carbocycles. The lowest BCUT2D eigenvalue weighted by molar-refractivity contribution is 0.750. The molecule has 1 aliphatic heterocycles. The third-order valence-electron chi connectivity index (χ3n) is 4.67. The van der Waals surface area contributed by atoms with Gasteiger partial charge in [-0.05, 0) is 31.2 Å². The minimum atomic E-state index is 0. The van der Waals surface area contributed by atoms with Gasteiger partial charge in [-0.2, -0.15) is 4.98 Å². The van der Waals surface area contributed by atoms with Crippen LogP contribution in [-0.4, -0.2) is 29.1 Å². The molecule has 0 bridgehead atoms. The fraction of sp³-hybridized carbons (Fsp3) is 0.412. The molecular weight excluding hydrogens is 345 g/mol. The molecule has 1 fully saturated rings. The van der Waals surface area contributed by atoms with E-state index < -0.39 is 0 Å². The van der Waals surface area contributed by atoms with E-state index >= 15 is 0 Å². The van der Waals surface area contributed by atoms with E-state index in [-0.39, 0.29) is 30.9 Å². The van der Waals surface area contributed by atoms with Crippen molar-refractivity contribution in [1.82, 2.24) is 9.97 Å². The monoisotopic (exact) mass is 367 g/mol. The zero-order chi connectivity index (χ0) is 15.1. The second-order valence-corrected chi connectivity index (χ2v) is 6.24. The zero-order valence-electron chi connectivity index (χ0n) is 13.4. The van der Waals surface area contributed by atoms with Crippen molar-refractivity contribution in [3.8, 4) is 11.3 Å². The van der Waals surface area contributed by atoms with Crippen LogP contribution in [0.2, 0.25) is 0 Å². The highest BCUT2D eigenvalue weighted by Crippen LogP contribution is 2.36. The minimum absolute atomic E-state index is 0. The molecule has 2 heterocycles. The number of nitrogens with zero attached hydrogens (tertiary/aromatic N) is 3. The fourth-order valence-electron chi connectivity index (χ4n) is 3.61. The smallest absolute Gasteiger partial charge is 0.222 e. The molecular formula is C17H23Cl2N5. The summed E-state index contributed by atoms with van der Waals surface area (Å²) in [6.07, 6.45) is 4.19. The maximum atomic E-state index is 6.07. The van der Waals surface area contributed by atoms with Crippen molar-refractivity contribution < 1.29 is 0 Å². The van der Waals surface area contributed by atoms with Crippen LogP contribution in [-0.2, 0) is 12.8 Å². The summed E-state index contributed by atoms with van der Waals surface area (Å²) in [5.41, 5.74) is 16.9. The molecule has 0 amide bonds. The van der Waals surface area contributed by atoms with Crippen molar-refractivity contribution in [2.75, 3.05) is 23.7 Å². The number of rotatable bonds is 1. The van der Waals surface area contributed by atoms with Crippen LogP contribution in [0.25, 0.3) is 11.3 Å². The number of anilines is 2. The molecule has 5 nitrogen and oxygen atoms in total. The second-order valence-electron chi connectivity index (χ2n) is 6.24. The molecule has 130 valence electrons. The van der Waals surface area contributed by atoms with Gasteiger partial charge in [0.15, 0.2) is 0 Å². The Kier molecular flexibility index (Phi) is 5.91. The van der Waals surface area contributed by atoms with Crippen LogP contribution in [0.5, 0.6) is 0 Å². The molecule has 4 N–H and O–H groups in total. The van der Waals surface area contributed by atoms with Crippen LogP contribution in [0.4, 0.5) is 11.8 Å². The molecule has 0 radical (unpaired) electrons. The van der Waals surface area contributed by atoms with Gasteiger partial charge >= 0.3 is 0 Å². The Hall–Kier alpha value is -1.56. The maximum Gasteiger partial charge on any atom is 0.222 e. The summed E-state index contributed by atoms with van der Waals surface area (Å²) in [4.78, 5) is 11.4. The summed E-state index contributed by atoms with van der Waals surface area (Å²) in [5, 5.41) is 0. The maximum absolute atomic E-state index is 6.07. The van der Waals surface area contributed by atoms with Gasteiger partial charge in [-0.25, -0.2) is 4.98 Å². The number of nitrogens with two attached hydrogens (primary N) is 2. The van der Waals surface area contributed by atoms with Crippen LogP contribution in [0.15, 0.2) is 24.3 Å². The minimum Gasteiger partial charge on any atom is -0.368 e. The van der Waals surface area contributed by atoms with Crippen LogP contribution in [0.1, 0.15) is 24.0 Å². The third-order valence-corrected chi connectivity index (χ3v) is 4.67. The number of hydrogen-bond donors (Lipinski definition) is 2. The third kappa shape index (κ3) is 3.29. The molecule has 2 aromatic rings. The Morgan fingerprint density at radius 2 is 1.88 bits per heavy atom. The number of aromatic nitrogens is 2. The van der Waals surface area contributed by atoms with Gasteiger partial charge in [-0.1, -0.05) is 24.3 Å². The number of halogens is 2. The van der Waals surface area contributed by atoms with Gasteiger partial charge in [0.1, 0.15) is 5.82 Å². The average molecular weight is 368 g/mol. The Morgan fingerprint density at radius 3 is 2.62 bits per heavy atom. The van der Waals surface area contributed by atoms with E-state index in [1.54, 1.807) is 0 Å². The lowest BCUT2D eigenvalue weighted by Crippen LogP contribution is -2.28. The van der Waals surface area contributed by atoms with Gasteiger partial charge in [0, 0.05) is 30.3 Å². The molecule has 2 aliphatic rings. The van der Waals surface area contributed by atoms with E-state index in [1.165, 1.54) is 16.7 Å². The molecule has 1 saturated heterocycles. The Labute approximate surface area is 154 Å². The lowest BCUT2D eigenvalue weighted by atomic mass is 10.0. The largest absolute Gasteiger partial charge is 0.368 e. The fourth-order valence-corrected chi connectivity index (χ4v) is 3.61. The first-order chi connectivity index (χ1) is 10.7. The summed E-state index contributed by atoms with van der Waals surface area (Å²) in [6.45, 7) is 1.80. The van der Waals surface area contributed by atoms with Crippen LogP contribution < -0.4 is 16.4 Å². The summed E-state index contributed by atoms with van der Waals surface area (Å²) in [6, 6.07) is 8.72. The van der Waals surface area contributed by atoms with Crippen molar-refractivity contribution in [2.24, 2.45) is 5.73 Å². The van der Waals surface area contributed by atoms with Gasteiger partial charge in [-0.15, -0.1) is 24.8 Å². The highest BCUT2D eigenvalue weighted by molar-refractivity contribution is 5.85. The molecule has 0 spiro atoms. The predicted octanol–water partition coefficient (Wildman–Crippen LogP) is 2.60. The van der Waals surface area contributed by atoms with E-state index in [2.05, 4.69) is 39.1 Å². The van der Waals surface area contributed by atoms with Crippen LogP contribution in [0, 0.1) is 0 Å². The number of hydrogen-bond acceptors (Lipinski definition) is 5. The molecule has 1 atom stereocenters. The SMILES string of the molecule is Cl.Cl.Nc1nc2c(c(N3CC[C@@H](N)C3)n1)CCCc1ccccc1-2. The average Bonchev–Trinajstić information content (AvgIpc) is 2.86. The highest BCUT2D eigenvalue weighted by Gasteiger charge is 2.27. The van der Waals surface area contributed by atoms with Gasteiger partial charge in [-0.3, -0.25) is 0 Å². The summed E-state index contributed by atoms with van der Waals surface area (Å²) in [5.74, 6) is 1.35. The molecule has 1 aromatic heterocycles. The van der Waals surface area contributed by atoms with Crippen molar-refractivity contribution in [2.45, 2.75) is 31.7 Å². The zero-order valence-corrected chi connectivity index (χ0v) is 15.1. The van der Waals surface area contributed by atoms with Crippen molar-refractivity contribution in [3.05, 3.63) is 35.4 Å². The van der Waals surface area contributed by atoms with Gasteiger partial charge in [0.25, 0.3) is 0 Å². The van der Waals surface area contributed by atoms with E-state index in [4.69, 9.17) is 11.5 Å². The van der Waals surface area contributed by atoms with Crippen LogP contribution in [0.3, 0.4) is 0 Å². The van der Waals surface area contributed by atoms with Crippen molar-refractivity contribution in [1.29, 1.82) is 0 Å². The number of fused-ring (bicyclic) bond motifs is 3. The second kappa shape index (κ2) is 7.55. The van der Waals surface area contributed by atoms with Gasteiger partial charge in [0.2, 0.25) is 5.95 Å². The topological polar surface area (TPSA) is 81.1 Å². The van der Waals surface area contributed by atoms with E-state index in [1.807, 2.05) is 0 Å². The van der Waals surface area contributed by atoms with E-state index in [0.717, 1.165) is 50.3 Å². The van der Waals surface area contributed by atoms with Crippen molar-refractivity contribution in [3.63, 3.8) is 0 Å². The quantitative estimate of drug-likeness (QED) is 0.809. The first-order valence-corrected chi connectivity index (χ1v) is 7.97. The molecule has 1 aromatic carbocycles. The summed E-state index contributed by atoms with van der Waals surface area (Å²) in [7, 11) is 0. The Bertz CT molecular complexity index is 722. The molecule has 4 rings (SSSR count). The number of benzene rings is 1. The first kappa shape index (κ1) is 18.8. The lowest BCUT2D eigenvalue weighted by Gasteiger charge is -2.22. The summed E-state index contributed by atoms with van der Waals surface area (Å²) < 4.78 is 0. The normalized spacial score (nSPS) is 18.7. The number of aryl methyl sites for hydroxylation is 1. The predicted molar refractivity (Wildman–Crippen MR) is 103 cm³/mol. The van der Waals surface area contributed by atoms with Crippen molar-refractivity contribution >= 4 is 36.6 Å². The molecule has 0 saturated carbocycles. The molecule has 0 unspecified atom stereocenters. The Morgan fingerprint density at radius 1 is 1.08 bits per heavy atom. The standard InChI is InChI=1S/C17H21N5.2ClH/c18-12-8-9-22(10-12)16-14-7-3-5-11-4-1-2-6-13(11)15(14)20-17(19)21-16;;/h1-2,4,6,12H,3,5,7-10,18H2,(H2,19,20,21);2*1H/t12-;;/m1../s1. The summed E-state index contributed by atoms with van der Waals surface area (Å²) >= 11 is 0. The van der Waals surface area contributed by atoms with Gasteiger partial charge in [0.05, 0.1) is 5.69 Å². The molecule has 24 heavy (non-hydrogen) atoms. The Balaban J connectivity index is 0.00000104. The van der Waals surface area contributed by atoms with E-state index in [0.29, 0.717) is 5.95 Å². The van der Waals surface area contributed by atoms with E-state index in [9.17, 15) is 0 Å². The first-order valence-electron chi connectivity index (χ1n) is 7.97.